The monoisotopic (exact) mass is 426 g/mol. The maximum atomic E-state index is 14.4. The van der Waals surface area contributed by atoms with E-state index < -0.39 is 11.8 Å². The summed E-state index contributed by atoms with van der Waals surface area (Å²) >= 11 is 0. The number of phenolic OH excluding ortho intramolecular Hbond substituents is 1. The summed E-state index contributed by atoms with van der Waals surface area (Å²) in [4.78, 5) is 13.6. The highest BCUT2D eigenvalue weighted by atomic mass is 19.1. The minimum atomic E-state index is -0.708. The molecule has 1 saturated heterocycles. The molecule has 0 bridgehead atoms. The van der Waals surface area contributed by atoms with Crippen molar-refractivity contribution in [3.8, 4) is 5.75 Å². The lowest BCUT2D eigenvalue weighted by molar-refractivity contribution is 0.0595. The average Bonchev–Trinajstić information content (AvgIpc) is 2.77. The minimum absolute atomic E-state index is 0.0176. The second kappa shape index (κ2) is 9.42. The van der Waals surface area contributed by atoms with Crippen LogP contribution in [-0.2, 0) is 4.74 Å². The molecule has 3 rings (SSSR count). The van der Waals surface area contributed by atoms with E-state index in [0.717, 1.165) is 18.4 Å². The van der Waals surface area contributed by atoms with E-state index in [1.54, 1.807) is 36.4 Å². The van der Waals surface area contributed by atoms with Crippen LogP contribution in [0.2, 0.25) is 0 Å². The lowest BCUT2D eigenvalue weighted by Crippen LogP contribution is -2.36. The first kappa shape index (κ1) is 22.0. The summed E-state index contributed by atoms with van der Waals surface area (Å²) in [5.41, 5.74) is 20.2. The second-order valence-electron chi connectivity index (χ2n) is 7.47. The maximum absolute atomic E-state index is 14.4. The maximum Gasteiger partial charge on any atom is 0.340 e. The van der Waals surface area contributed by atoms with Crippen LogP contribution in [0.15, 0.2) is 60.1 Å². The molecular weight excluding hydrogens is 399 g/mol. The van der Waals surface area contributed by atoms with Crippen molar-refractivity contribution < 1.29 is 19.0 Å². The van der Waals surface area contributed by atoms with Crippen molar-refractivity contribution in [1.29, 1.82) is 0 Å². The molecule has 1 unspecified atom stereocenters. The first-order valence-corrected chi connectivity index (χ1v) is 9.95. The molecule has 1 atom stereocenters. The highest BCUT2D eigenvalue weighted by Gasteiger charge is 2.25. The third-order valence-electron chi connectivity index (χ3n) is 5.43. The van der Waals surface area contributed by atoms with Crippen LogP contribution in [0.1, 0.15) is 40.2 Å². The Hall–Kier alpha value is -3.68. The summed E-state index contributed by atoms with van der Waals surface area (Å²) in [6.45, 7) is 1.26. The first-order chi connectivity index (χ1) is 14.8. The van der Waals surface area contributed by atoms with E-state index in [-0.39, 0.29) is 23.1 Å². The molecule has 0 spiro atoms. The van der Waals surface area contributed by atoms with Crippen LogP contribution in [0, 0.1) is 5.82 Å². The van der Waals surface area contributed by atoms with Gasteiger partial charge in [0.25, 0.3) is 0 Å². The van der Waals surface area contributed by atoms with Crippen molar-refractivity contribution >= 4 is 11.7 Å². The summed E-state index contributed by atoms with van der Waals surface area (Å²) in [5.74, 6) is -1.14. The average molecular weight is 426 g/mol. The Bertz CT molecular complexity index is 1030. The Labute approximate surface area is 180 Å². The van der Waals surface area contributed by atoms with E-state index in [1.165, 1.54) is 19.2 Å². The highest BCUT2D eigenvalue weighted by Crippen LogP contribution is 2.31. The van der Waals surface area contributed by atoms with E-state index in [4.69, 9.17) is 17.2 Å². The third kappa shape index (κ3) is 4.91. The zero-order valence-corrected chi connectivity index (χ0v) is 17.3. The molecule has 0 amide bonds. The van der Waals surface area contributed by atoms with Gasteiger partial charge in [0, 0.05) is 30.3 Å². The lowest BCUT2D eigenvalue weighted by atomic mass is 9.89. The number of carbonyl (C=O) groups is 1. The van der Waals surface area contributed by atoms with Crippen molar-refractivity contribution in [3.63, 3.8) is 0 Å². The molecule has 7 nitrogen and oxygen atoms in total. The van der Waals surface area contributed by atoms with Gasteiger partial charge in [-0.1, -0.05) is 18.2 Å². The molecule has 0 aromatic heterocycles. The van der Waals surface area contributed by atoms with Crippen LogP contribution < -0.4 is 17.2 Å². The summed E-state index contributed by atoms with van der Waals surface area (Å²) in [7, 11) is 1.22. The minimum Gasteiger partial charge on any atom is -0.507 e. The fourth-order valence-electron chi connectivity index (χ4n) is 3.83. The SMILES string of the molecule is COC(=O)c1ccc(C2CCCN(C(/C=C(\N)c3ccccc3O)=C(N)N)C2)cc1F. The number of methoxy groups -OCH3 is 1. The summed E-state index contributed by atoms with van der Waals surface area (Å²) in [6, 6.07) is 11.3. The third-order valence-corrected chi connectivity index (χ3v) is 5.43. The molecule has 8 heteroatoms. The summed E-state index contributed by atoms with van der Waals surface area (Å²) in [6.07, 6.45) is 3.34. The second-order valence-corrected chi connectivity index (χ2v) is 7.47. The van der Waals surface area contributed by atoms with Gasteiger partial charge in [-0.3, -0.25) is 0 Å². The number of nitrogens with zero attached hydrogens (tertiary/aromatic N) is 1. The number of halogens is 1. The zero-order chi connectivity index (χ0) is 22.5. The van der Waals surface area contributed by atoms with E-state index in [9.17, 15) is 14.3 Å². The quantitative estimate of drug-likeness (QED) is 0.427. The van der Waals surface area contributed by atoms with Gasteiger partial charge in [0.2, 0.25) is 0 Å². The fourth-order valence-corrected chi connectivity index (χ4v) is 3.83. The van der Waals surface area contributed by atoms with E-state index >= 15 is 0 Å². The fraction of sp³-hybridized carbons (Fsp3) is 0.261. The predicted octanol–water partition coefficient (Wildman–Crippen LogP) is 2.58. The smallest absolute Gasteiger partial charge is 0.340 e. The molecule has 0 radical (unpaired) electrons. The zero-order valence-electron chi connectivity index (χ0n) is 17.3. The van der Waals surface area contributed by atoms with Crippen molar-refractivity contribution in [2.45, 2.75) is 18.8 Å². The van der Waals surface area contributed by atoms with Crippen molar-refractivity contribution in [1.82, 2.24) is 4.90 Å². The molecule has 2 aromatic rings. The van der Waals surface area contributed by atoms with Crippen molar-refractivity contribution in [3.05, 3.63) is 82.6 Å². The Kier molecular flexibility index (Phi) is 6.69. The Balaban J connectivity index is 1.85. The Morgan fingerprint density at radius 2 is 1.94 bits per heavy atom. The number of carbonyl (C=O) groups excluding carboxylic acids is 1. The van der Waals surface area contributed by atoms with E-state index in [1.807, 2.05) is 4.90 Å². The largest absolute Gasteiger partial charge is 0.507 e. The van der Waals surface area contributed by atoms with Crippen LogP contribution in [0.4, 0.5) is 4.39 Å². The predicted molar refractivity (Wildman–Crippen MR) is 117 cm³/mol. The van der Waals surface area contributed by atoms with Gasteiger partial charge in [-0.15, -0.1) is 0 Å². The molecule has 7 N–H and O–H groups in total. The van der Waals surface area contributed by atoms with Gasteiger partial charge in [0.1, 0.15) is 17.4 Å². The molecular formula is C23H27FN4O3. The van der Waals surface area contributed by atoms with Crippen LogP contribution >= 0.6 is 0 Å². The number of ether oxygens (including phenoxy) is 1. The molecule has 1 heterocycles. The highest BCUT2D eigenvalue weighted by molar-refractivity contribution is 5.89. The number of rotatable bonds is 5. The first-order valence-electron chi connectivity index (χ1n) is 9.95. The lowest BCUT2D eigenvalue weighted by Gasteiger charge is -2.35. The number of piperidine rings is 1. The molecule has 31 heavy (non-hydrogen) atoms. The normalized spacial score (nSPS) is 16.6. The molecule has 164 valence electrons. The standard InChI is InChI=1S/C23H27FN4O3/c1-31-23(30)16-9-8-14(11-18(16)24)15-5-4-10-28(13-15)20(22(26)27)12-19(25)17-6-2-3-7-21(17)29/h2-3,6-9,11-12,15,29H,4-5,10,13,25-27H2,1H3/b19-12-. The number of nitrogens with two attached hydrogens (primary N) is 3. The molecule has 0 aliphatic carbocycles. The van der Waals surface area contributed by atoms with E-state index in [2.05, 4.69) is 4.74 Å². The van der Waals surface area contributed by atoms with Crippen LogP contribution in [0.5, 0.6) is 5.75 Å². The van der Waals surface area contributed by atoms with Gasteiger partial charge in [-0.05, 0) is 48.7 Å². The van der Waals surface area contributed by atoms with Gasteiger partial charge in [-0.2, -0.15) is 0 Å². The molecule has 1 aliphatic rings. The summed E-state index contributed by atoms with van der Waals surface area (Å²) < 4.78 is 19.0. The topological polar surface area (TPSA) is 128 Å². The number of likely N-dealkylation sites (tertiary alicyclic amines) is 1. The van der Waals surface area contributed by atoms with Crippen LogP contribution in [0.3, 0.4) is 0 Å². The number of hydrogen-bond donors (Lipinski definition) is 4. The molecule has 2 aromatic carbocycles. The Morgan fingerprint density at radius 1 is 1.19 bits per heavy atom. The molecule has 1 fully saturated rings. The number of para-hydroxylation sites is 1. The van der Waals surface area contributed by atoms with E-state index in [0.29, 0.717) is 30.0 Å². The summed E-state index contributed by atoms with van der Waals surface area (Å²) in [5, 5.41) is 10.1. The molecule has 1 aliphatic heterocycles. The number of allylic oxidation sites excluding steroid dienone is 1. The number of aromatic hydroxyl groups is 1. The number of hydrogen-bond acceptors (Lipinski definition) is 7. The van der Waals surface area contributed by atoms with Gasteiger partial charge in [0.15, 0.2) is 0 Å². The van der Waals surface area contributed by atoms with Crippen molar-refractivity contribution in [2.75, 3.05) is 20.2 Å². The van der Waals surface area contributed by atoms with Gasteiger partial charge in [-0.25, -0.2) is 9.18 Å². The van der Waals surface area contributed by atoms with Gasteiger partial charge >= 0.3 is 5.97 Å². The van der Waals surface area contributed by atoms with Crippen LogP contribution in [0.25, 0.3) is 5.70 Å². The molecule has 0 saturated carbocycles. The van der Waals surface area contributed by atoms with Crippen LogP contribution in [-0.4, -0.2) is 36.2 Å². The van der Waals surface area contributed by atoms with Gasteiger partial charge in [0.05, 0.1) is 18.4 Å². The van der Waals surface area contributed by atoms with Crippen molar-refractivity contribution in [2.24, 2.45) is 17.2 Å². The number of esters is 1. The number of phenols is 1. The number of benzene rings is 2. The Morgan fingerprint density at radius 3 is 2.58 bits per heavy atom. The van der Waals surface area contributed by atoms with Gasteiger partial charge < -0.3 is 31.9 Å².